The molecule has 4 aromatic rings. The molecule has 1 N–H and O–H groups in total. The summed E-state index contributed by atoms with van der Waals surface area (Å²) in [6, 6.07) is 12.7. The molecule has 3 aliphatic rings. The van der Waals surface area contributed by atoms with Gasteiger partial charge in [-0.05, 0) is 36.6 Å². The Kier molecular flexibility index (Phi) is 7.64. The summed E-state index contributed by atoms with van der Waals surface area (Å²) in [7, 11) is 1.53. The fourth-order valence-corrected chi connectivity index (χ4v) is 6.42. The number of aliphatic hydroxyl groups is 1. The maximum Gasteiger partial charge on any atom is 0.273 e. The molecule has 11 nitrogen and oxygen atoms in total. The molecule has 44 heavy (non-hydrogen) atoms. The predicted molar refractivity (Wildman–Crippen MR) is 158 cm³/mol. The van der Waals surface area contributed by atoms with Gasteiger partial charge in [0.25, 0.3) is 5.91 Å². The summed E-state index contributed by atoms with van der Waals surface area (Å²) in [6.07, 6.45) is 5.39. The maximum absolute atomic E-state index is 13.6. The summed E-state index contributed by atoms with van der Waals surface area (Å²) in [5, 5.41) is 20.1. The van der Waals surface area contributed by atoms with Gasteiger partial charge in [0, 0.05) is 42.9 Å². The molecule has 7 rings (SSSR count). The number of furan rings is 1. The summed E-state index contributed by atoms with van der Waals surface area (Å²) >= 11 is 0. The smallest absolute Gasteiger partial charge is 0.273 e. The molecule has 0 saturated carbocycles. The first kappa shape index (κ1) is 28.3. The van der Waals surface area contributed by atoms with Crippen LogP contribution in [0.25, 0.3) is 33.6 Å². The summed E-state index contributed by atoms with van der Waals surface area (Å²) in [4.78, 5) is 24.4. The molecule has 226 valence electrons. The van der Waals surface area contributed by atoms with Crippen LogP contribution in [0.4, 0.5) is 0 Å². The van der Waals surface area contributed by atoms with Gasteiger partial charge in [-0.2, -0.15) is 5.26 Å². The van der Waals surface area contributed by atoms with Gasteiger partial charge in [-0.25, -0.2) is 0 Å². The van der Waals surface area contributed by atoms with E-state index in [1.807, 2.05) is 18.2 Å². The third-order valence-electron chi connectivity index (χ3n) is 8.59. The Hall–Kier alpha value is -4.50. The van der Waals surface area contributed by atoms with E-state index < -0.39 is 6.10 Å². The molecule has 3 fully saturated rings. The number of carbonyl (C=O) groups excluding carboxylic acids is 1. The van der Waals surface area contributed by atoms with Crippen LogP contribution in [0.1, 0.15) is 41.7 Å². The summed E-state index contributed by atoms with van der Waals surface area (Å²) in [5.41, 5.74) is 4.00. The molecule has 2 atom stereocenters. The summed E-state index contributed by atoms with van der Waals surface area (Å²) in [5.74, 6) is 1.25. The molecule has 3 saturated heterocycles. The summed E-state index contributed by atoms with van der Waals surface area (Å²) < 4.78 is 29.2. The number of nitrogens with zero attached hydrogens (tertiary/aromatic N) is 4. The lowest BCUT2D eigenvalue weighted by Crippen LogP contribution is -2.60. The van der Waals surface area contributed by atoms with Crippen LogP contribution in [-0.2, 0) is 9.47 Å². The van der Waals surface area contributed by atoms with Gasteiger partial charge in [-0.1, -0.05) is 6.07 Å². The number of nitriles is 1. The average Bonchev–Trinajstić information content (AvgIpc) is 3.49. The number of benzene rings is 1. The lowest BCUT2D eigenvalue weighted by molar-refractivity contribution is -0.0873. The Morgan fingerprint density at radius 1 is 1.02 bits per heavy atom. The quantitative estimate of drug-likeness (QED) is 0.341. The number of carbonyl (C=O) groups is 1. The molecule has 11 heteroatoms. The fraction of sp³-hybridized carbons (Fsp3) is 0.394. The minimum absolute atomic E-state index is 0.0219. The Labute approximate surface area is 253 Å². The second kappa shape index (κ2) is 11.9. The lowest BCUT2D eigenvalue weighted by atomic mass is 9.91. The van der Waals surface area contributed by atoms with Gasteiger partial charge in [0.05, 0.1) is 62.9 Å². The zero-order valence-electron chi connectivity index (χ0n) is 24.3. The van der Waals surface area contributed by atoms with Gasteiger partial charge in [0.15, 0.2) is 5.58 Å². The Morgan fingerprint density at radius 3 is 2.57 bits per heavy atom. The van der Waals surface area contributed by atoms with Crippen molar-refractivity contribution in [2.45, 2.75) is 50.0 Å². The number of pyridine rings is 2. The number of rotatable bonds is 6. The highest BCUT2D eigenvalue weighted by Crippen LogP contribution is 2.39. The van der Waals surface area contributed by atoms with Crippen LogP contribution >= 0.6 is 0 Å². The molecule has 0 spiro atoms. The van der Waals surface area contributed by atoms with E-state index in [1.165, 1.54) is 7.11 Å². The minimum Gasteiger partial charge on any atom is -0.496 e. The normalized spacial score (nSPS) is 22.0. The van der Waals surface area contributed by atoms with Gasteiger partial charge < -0.3 is 33.4 Å². The van der Waals surface area contributed by atoms with Crippen LogP contribution in [0.3, 0.4) is 0 Å². The number of piperidine rings is 1. The Bertz CT molecular complexity index is 1730. The van der Waals surface area contributed by atoms with Gasteiger partial charge in [0.2, 0.25) is 0 Å². The number of hydrogen-bond donors (Lipinski definition) is 1. The third-order valence-corrected chi connectivity index (χ3v) is 8.59. The van der Waals surface area contributed by atoms with E-state index in [0.717, 1.165) is 24.0 Å². The zero-order chi connectivity index (χ0) is 30.2. The number of fused-ring (bicyclic) bond motifs is 3. The van der Waals surface area contributed by atoms with Crippen molar-refractivity contribution in [1.82, 2.24) is 14.9 Å². The molecule has 3 aliphatic heterocycles. The second-order valence-electron chi connectivity index (χ2n) is 11.4. The number of ether oxygens (including phenoxy) is 4. The Morgan fingerprint density at radius 2 is 1.82 bits per heavy atom. The van der Waals surface area contributed by atoms with Crippen LogP contribution in [-0.4, -0.2) is 83.7 Å². The van der Waals surface area contributed by atoms with Gasteiger partial charge in [0.1, 0.15) is 40.6 Å². The van der Waals surface area contributed by atoms with Crippen molar-refractivity contribution < 1.29 is 33.3 Å². The van der Waals surface area contributed by atoms with Crippen molar-refractivity contribution >= 4 is 17.0 Å². The van der Waals surface area contributed by atoms with Gasteiger partial charge >= 0.3 is 0 Å². The predicted octanol–water partition coefficient (Wildman–Crippen LogP) is 4.36. The SMILES string of the molecule is COc1cc(C(=O)N2C3COCC2CC(O)C3)ncc1-c1cc2nccc(-c3ccc(OC4CCOCC4)c(C#N)c3)c2o1. The van der Waals surface area contributed by atoms with Gasteiger partial charge in [-0.3, -0.25) is 14.8 Å². The highest BCUT2D eigenvalue weighted by atomic mass is 16.5. The molecule has 3 aromatic heterocycles. The van der Waals surface area contributed by atoms with Crippen LogP contribution in [0, 0.1) is 11.3 Å². The van der Waals surface area contributed by atoms with Crippen molar-refractivity contribution in [2.24, 2.45) is 0 Å². The van der Waals surface area contributed by atoms with Crippen molar-refractivity contribution in [2.75, 3.05) is 33.5 Å². The highest BCUT2D eigenvalue weighted by Gasteiger charge is 2.42. The maximum atomic E-state index is 13.6. The van der Waals surface area contributed by atoms with E-state index in [9.17, 15) is 15.2 Å². The monoisotopic (exact) mass is 596 g/mol. The van der Waals surface area contributed by atoms with E-state index >= 15 is 0 Å². The lowest BCUT2D eigenvalue weighted by Gasteiger charge is -2.47. The zero-order valence-corrected chi connectivity index (χ0v) is 24.3. The fourth-order valence-electron chi connectivity index (χ4n) is 6.42. The molecule has 1 aromatic carbocycles. The van der Waals surface area contributed by atoms with E-state index in [-0.39, 0.29) is 29.8 Å². The molecular formula is C33H32N4O7. The first-order valence-electron chi connectivity index (χ1n) is 14.8. The van der Waals surface area contributed by atoms with Crippen molar-refractivity contribution in [3.63, 3.8) is 0 Å². The topological polar surface area (TPSA) is 140 Å². The minimum atomic E-state index is -0.441. The highest BCUT2D eigenvalue weighted by molar-refractivity contribution is 5.95. The molecule has 2 unspecified atom stereocenters. The average molecular weight is 597 g/mol. The van der Waals surface area contributed by atoms with Crippen LogP contribution in [0.15, 0.2) is 53.2 Å². The molecule has 0 radical (unpaired) electrons. The number of morpholine rings is 1. The molecule has 1 amide bonds. The first-order chi connectivity index (χ1) is 21.5. The van der Waals surface area contributed by atoms with E-state index in [0.29, 0.717) is 78.8 Å². The second-order valence-corrected chi connectivity index (χ2v) is 11.4. The van der Waals surface area contributed by atoms with E-state index in [2.05, 4.69) is 16.0 Å². The van der Waals surface area contributed by atoms with Crippen LogP contribution < -0.4 is 9.47 Å². The standard InChI is InChI=1S/C33H32N4O7/c1-40-30-14-28(33(39)37-21-11-23(38)12-22(37)18-42-17-21)36-16-26(30)31-13-27-32(44-31)25(4-7-35-27)19-2-3-29(20(10-19)15-34)43-24-5-8-41-9-6-24/h2-4,7,10,13-14,16,21-24,38H,5-6,8-9,11-12,17-18H2,1H3. The summed E-state index contributed by atoms with van der Waals surface area (Å²) in [6.45, 7) is 2.09. The first-order valence-corrected chi connectivity index (χ1v) is 14.8. The van der Waals surface area contributed by atoms with Crippen molar-refractivity contribution in [1.29, 1.82) is 5.26 Å². The van der Waals surface area contributed by atoms with Crippen molar-refractivity contribution in [3.8, 4) is 40.0 Å². The molecule has 0 aliphatic carbocycles. The molecular weight excluding hydrogens is 564 g/mol. The number of amides is 1. The van der Waals surface area contributed by atoms with E-state index in [1.54, 1.807) is 35.5 Å². The van der Waals surface area contributed by atoms with Crippen LogP contribution in [0.2, 0.25) is 0 Å². The Balaban J connectivity index is 1.18. The van der Waals surface area contributed by atoms with E-state index in [4.69, 9.17) is 23.4 Å². The van der Waals surface area contributed by atoms with Crippen LogP contribution in [0.5, 0.6) is 11.5 Å². The number of aromatic nitrogens is 2. The number of methoxy groups -OCH3 is 1. The third kappa shape index (κ3) is 5.26. The van der Waals surface area contributed by atoms with Gasteiger partial charge in [-0.15, -0.1) is 0 Å². The molecule has 2 bridgehead atoms. The van der Waals surface area contributed by atoms with Crippen molar-refractivity contribution in [3.05, 3.63) is 60.0 Å². The molecule has 6 heterocycles. The number of hydrogen-bond acceptors (Lipinski definition) is 10. The number of aliphatic hydroxyl groups excluding tert-OH is 1. The largest absolute Gasteiger partial charge is 0.496 e.